The van der Waals surface area contributed by atoms with Crippen molar-refractivity contribution in [2.75, 3.05) is 12.8 Å². The number of pyridine rings is 2. The highest BCUT2D eigenvalue weighted by Gasteiger charge is 2.17. The number of carboxylic acids is 1. The molecule has 6 nitrogen and oxygen atoms in total. The Balaban J connectivity index is 2.01. The monoisotopic (exact) mass is 345 g/mol. The molecule has 0 radical (unpaired) electrons. The highest BCUT2D eigenvalue weighted by atomic mass is 16.5. The second-order valence-corrected chi connectivity index (χ2v) is 5.86. The molecule has 0 aliphatic rings. The number of carboxylic acid groups (broad SMARTS) is 1. The van der Waals surface area contributed by atoms with Gasteiger partial charge in [0.05, 0.1) is 35.1 Å². The molecule has 0 atom stereocenters. The summed E-state index contributed by atoms with van der Waals surface area (Å²) in [5.74, 6) is -0.414. The first-order valence-corrected chi connectivity index (χ1v) is 7.94. The van der Waals surface area contributed by atoms with Crippen molar-refractivity contribution in [3.8, 4) is 17.1 Å². The maximum atomic E-state index is 11.8. The number of nitrogen functional groups attached to an aromatic ring is 1. The first kappa shape index (κ1) is 15.8. The lowest BCUT2D eigenvalue weighted by atomic mass is 10.1. The van der Waals surface area contributed by atoms with Gasteiger partial charge in [-0.3, -0.25) is 0 Å². The SMILES string of the molecule is COc1ccc2cc(C(=O)O)c(-c3ccc4cccc(N)c4n3)nc2c1. The molecule has 0 bridgehead atoms. The summed E-state index contributed by atoms with van der Waals surface area (Å²) in [6.07, 6.45) is 0. The number of aromatic nitrogens is 2. The molecule has 2 aromatic carbocycles. The number of nitrogens with zero attached hydrogens (tertiary/aromatic N) is 2. The Bertz CT molecular complexity index is 1170. The summed E-state index contributed by atoms with van der Waals surface area (Å²) in [6, 6.07) is 16.0. The number of carbonyl (C=O) groups is 1. The molecule has 0 saturated heterocycles. The molecule has 0 spiro atoms. The minimum atomic E-state index is -1.06. The molecule has 0 amide bonds. The Labute approximate surface area is 148 Å². The largest absolute Gasteiger partial charge is 0.497 e. The van der Waals surface area contributed by atoms with E-state index in [0.717, 1.165) is 5.39 Å². The second kappa shape index (κ2) is 6.00. The summed E-state index contributed by atoms with van der Waals surface area (Å²) < 4.78 is 5.23. The van der Waals surface area contributed by atoms with E-state index in [9.17, 15) is 9.90 Å². The van der Waals surface area contributed by atoms with Gasteiger partial charge >= 0.3 is 5.97 Å². The van der Waals surface area contributed by atoms with Crippen molar-refractivity contribution in [3.63, 3.8) is 0 Å². The van der Waals surface area contributed by atoms with Gasteiger partial charge in [-0.15, -0.1) is 0 Å². The molecule has 26 heavy (non-hydrogen) atoms. The molecule has 0 aliphatic carbocycles. The number of anilines is 1. The van der Waals surface area contributed by atoms with E-state index < -0.39 is 5.97 Å². The van der Waals surface area contributed by atoms with Crippen LogP contribution < -0.4 is 10.5 Å². The van der Waals surface area contributed by atoms with Crippen molar-refractivity contribution in [2.45, 2.75) is 0 Å². The van der Waals surface area contributed by atoms with Crippen molar-refractivity contribution < 1.29 is 14.6 Å². The molecular formula is C20H15N3O3. The zero-order chi connectivity index (χ0) is 18.3. The highest BCUT2D eigenvalue weighted by molar-refractivity contribution is 6.00. The summed E-state index contributed by atoms with van der Waals surface area (Å²) in [7, 11) is 1.57. The Morgan fingerprint density at radius 2 is 1.85 bits per heavy atom. The number of methoxy groups -OCH3 is 1. The Hall–Kier alpha value is -3.67. The number of para-hydroxylation sites is 1. The quantitative estimate of drug-likeness (QED) is 0.549. The molecule has 6 heteroatoms. The fourth-order valence-electron chi connectivity index (χ4n) is 2.93. The van der Waals surface area contributed by atoms with Crippen molar-refractivity contribution in [1.29, 1.82) is 0 Å². The van der Waals surface area contributed by atoms with Gasteiger partial charge < -0.3 is 15.6 Å². The maximum absolute atomic E-state index is 11.8. The average Bonchev–Trinajstić information content (AvgIpc) is 2.66. The predicted molar refractivity (Wildman–Crippen MR) is 100 cm³/mol. The average molecular weight is 345 g/mol. The van der Waals surface area contributed by atoms with Crippen LogP contribution in [0.25, 0.3) is 33.2 Å². The van der Waals surface area contributed by atoms with Crippen molar-refractivity contribution in [2.24, 2.45) is 0 Å². The summed E-state index contributed by atoms with van der Waals surface area (Å²) in [6.45, 7) is 0. The van der Waals surface area contributed by atoms with Crippen molar-refractivity contribution in [1.82, 2.24) is 9.97 Å². The molecule has 2 heterocycles. The summed E-state index contributed by atoms with van der Waals surface area (Å²) in [5, 5.41) is 11.2. The van der Waals surface area contributed by atoms with Crippen molar-refractivity contribution in [3.05, 3.63) is 60.2 Å². The Kier molecular flexibility index (Phi) is 3.65. The standard InChI is InChI=1S/C20H15N3O3/c1-26-13-7-5-12-9-14(20(24)25)19(23-17(12)10-13)16-8-6-11-3-2-4-15(21)18(11)22-16/h2-10H,21H2,1H3,(H,24,25). The van der Waals surface area contributed by atoms with Gasteiger partial charge in [-0.2, -0.15) is 0 Å². The number of ether oxygens (including phenoxy) is 1. The number of nitrogens with two attached hydrogens (primary N) is 1. The summed E-state index contributed by atoms with van der Waals surface area (Å²) in [5.41, 5.74) is 8.63. The highest BCUT2D eigenvalue weighted by Crippen LogP contribution is 2.29. The van der Waals surface area contributed by atoms with E-state index >= 15 is 0 Å². The van der Waals surface area contributed by atoms with Gasteiger partial charge in [-0.05, 0) is 30.3 Å². The zero-order valence-corrected chi connectivity index (χ0v) is 13.9. The molecule has 128 valence electrons. The number of benzene rings is 2. The zero-order valence-electron chi connectivity index (χ0n) is 13.9. The van der Waals surface area contributed by atoms with Crippen LogP contribution in [0, 0.1) is 0 Å². The second-order valence-electron chi connectivity index (χ2n) is 5.86. The van der Waals surface area contributed by atoms with E-state index in [1.807, 2.05) is 18.2 Å². The van der Waals surface area contributed by atoms with Gasteiger partial charge in [-0.25, -0.2) is 14.8 Å². The van der Waals surface area contributed by atoms with Crippen molar-refractivity contribution >= 4 is 33.5 Å². The van der Waals surface area contributed by atoms with E-state index in [1.165, 1.54) is 0 Å². The summed E-state index contributed by atoms with van der Waals surface area (Å²) in [4.78, 5) is 20.9. The van der Waals surface area contributed by atoms with Crippen LogP contribution in [0.5, 0.6) is 5.75 Å². The van der Waals surface area contributed by atoms with E-state index in [2.05, 4.69) is 9.97 Å². The molecular weight excluding hydrogens is 330 g/mol. The van der Waals surface area contributed by atoms with Crippen LogP contribution in [0.4, 0.5) is 5.69 Å². The van der Waals surface area contributed by atoms with Gasteiger partial charge in [0.2, 0.25) is 0 Å². The van der Waals surface area contributed by atoms with Crippen LogP contribution in [0.15, 0.2) is 54.6 Å². The topological polar surface area (TPSA) is 98.3 Å². The maximum Gasteiger partial charge on any atom is 0.338 e. The van der Waals surface area contributed by atoms with E-state index in [4.69, 9.17) is 10.5 Å². The minimum absolute atomic E-state index is 0.0871. The molecule has 0 saturated carbocycles. The third-order valence-corrected chi connectivity index (χ3v) is 4.25. The molecule has 2 aromatic heterocycles. The van der Waals surface area contributed by atoms with E-state index in [0.29, 0.717) is 39.2 Å². The first-order valence-electron chi connectivity index (χ1n) is 7.94. The van der Waals surface area contributed by atoms with Crippen LogP contribution in [-0.4, -0.2) is 28.2 Å². The molecule has 4 rings (SSSR count). The van der Waals surface area contributed by atoms with E-state index in [-0.39, 0.29) is 5.56 Å². The van der Waals surface area contributed by atoms with Gasteiger partial charge in [0.15, 0.2) is 0 Å². The molecule has 4 aromatic rings. The van der Waals surface area contributed by atoms with Gasteiger partial charge in [0, 0.05) is 16.8 Å². The van der Waals surface area contributed by atoms with Crippen LogP contribution in [0.2, 0.25) is 0 Å². The van der Waals surface area contributed by atoms with Gasteiger partial charge in [0.1, 0.15) is 11.4 Å². The van der Waals surface area contributed by atoms with E-state index in [1.54, 1.807) is 43.5 Å². The number of aromatic carboxylic acids is 1. The smallest absolute Gasteiger partial charge is 0.338 e. The van der Waals surface area contributed by atoms with Gasteiger partial charge in [-0.1, -0.05) is 18.2 Å². The third kappa shape index (κ3) is 2.57. The molecule has 0 fully saturated rings. The predicted octanol–water partition coefficient (Wildman–Crippen LogP) is 3.74. The molecule has 3 N–H and O–H groups in total. The molecule has 0 unspecified atom stereocenters. The van der Waals surface area contributed by atoms with Crippen LogP contribution in [0.3, 0.4) is 0 Å². The first-order chi connectivity index (χ1) is 12.6. The third-order valence-electron chi connectivity index (χ3n) is 4.25. The number of fused-ring (bicyclic) bond motifs is 2. The normalized spacial score (nSPS) is 11.0. The number of hydrogen-bond acceptors (Lipinski definition) is 5. The van der Waals surface area contributed by atoms with Crippen LogP contribution in [0.1, 0.15) is 10.4 Å². The fraction of sp³-hybridized carbons (Fsp3) is 0.0500. The Morgan fingerprint density at radius 3 is 2.62 bits per heavy atom. The minimum Gasteiger partial charge on any atom is -0.497 e. The van der Waals surface area contributed by atoms with Crippen LogP contribution >= 0.6 is 0 Å². The van der Waals surface area contributed by atoms with Crippen LogP contribution in [-0.2, 0) is 0 Å². The van der Waals surface area contributed by atoms with Gasteiger partial charge in [0.25, 0.3) is 0 Å². The number of rotatable bonds is 3. The number of hydrogen-bond donors (Lipinski definition) is 2. The Morgan fingerprint density at radius 1 is 1.04 bits per heavy atom. The lowest BCUT2D eigenvalue weighted by molar-refractivity contribution is 0.0697. The lowest BCUT2D eigenvalue weighted by Crippen LogP contribution is -2.04. The fourth-order valence-corrected chi connectivity index (χ4v) is 2.93. The molecule has 0 aliphatic heterocycles. The lowest BCUT2D eigenvalue weighted by Gasteiger charge is -2.10. The summed E-state index contributed by atoms with van der Waals surface area (Å²) >= 11 is 0.